The van der Waals surface area contributed by atoms with Gasteiger partial charge in [0, 0.05) is 29.8 Å². The van der Waals surface area contributed by atoms with Crippen LogP contribution >= 0.6 is 0 Å². The Morgan fingerprint density at radius 2 is 1.71 bits per heavy atom. The van der Waals surface area contributed by atoms with E-state index in [1.807, 2.05) is 42.9 Å². The van der Waals surface area contributed by atoms with Crippen LogP contribution in [0.5, 0.6) is 0 Å². The Morgan fingerprint density at radius 3 is 2.32 bits per heavy atom. The lowest BCUT2D eigenvalue weighted by atomic mass is 9.66. The molecule has 1 N–H and O–H groups in total. The molecule has 1 amide bonds. The number of carbonyl (C=O) groups excluding carboxylic acids is 1. The Kier molecular flexibility index (Phi) is 5.21. The first-order chi connectivity index (χ1) is 14.7. The number of benzene rings is 2. The van der Waals surface area contributed by atoms with Crippen molar-refractivity contribution in [3.8, 4) is 11.3 Å². The van der Waals surface area contributed by atoms with Gasteiger partial charge in [0.15, 0.2) is 0 Å². The van der Waals surface area contributed by atoms with Crippen LogP contribution in [0, 0.1) is 12.7 Å². The Morgan fingerprint density at radius 1 is 1.03 bits per heavy atom. The van der Waals surface area contributed by atoms with Crippen molar-refractivity contribution in [3.05, 3.63) is 47.8 Å². The minimum atomic E-state index is -0.348. The molecule has 0 saturated carbocycles. The molecule has 0 atom stereocenters. The van der Waals surface area contributed by atoms with E-state index in [-0.39, 0.29) is 17.7 Å². The molecule has 0 aliphatic carbocycles. The van der Waals surface area contributed by atoms with Crippen molar-refractivity contribution in [2.45, 2.75) is 6.92 Å². The third-order valence-electron chi connectivity index (χ3n) is 6.08. The first-order valence-electron chi connectivity index (χ1n) is 10.0. The molecule has 0 fully saturated rings. The topological polar surface area (TPSA) is 72.7 Å². The Balaban J connectivity index is 1.71. The van der Waals surface area contributed by atoms with Crippen molar-refractivity contribution in [2.24, 2.45) is 7.05 Å². The van der Waals surface area contributed by atoms with E-state index in [9.17, 15) is 9.18 Å². The lowest BCUT2D eigenvalue weighted by Gasteiger charge is -2.17. The van der Waals surface area contributed by atoms with Crippen LogP contribution in [-0.4, -0.2) is 56.8 Å². The zero-order valence-electron chi connectivity index (χ0n) is 18.5. The number of amides is 1. The number of hydrogen-bond donors (Lipinski definition) is 1. The van der Waals surface area contributed by atoms with Crippen LogP contribution in [0.25, 0.3) is 22.2 Å². The number of rotatable bonds is 3. The molecule has 2 aromatic carbocycles. The highest BCUT2D eigenvalue weighted by atomic mass is 19.1. The number of nitrogens with one attached hydrogen (secondary N) is 1. The maximum atomic E-state index is 14.3. The molecular weight excluding hydrogens is 389 g/mol. The third-order valence-corrected chi connectivity index (χ3v) is 6.08. The number of nitrogens with zero attached hydrogens (tertiary/aromatic N) is 4. The molecule has 4 rings (SSSR count). The summed E-state index contributed by atoms with van der Waals surface area (Å²) in [6, 6.07) is 5.89. The van der Waals surface area contributed by atoms with Gasteiger partial charge in [-0.1, -0.05) is 34.0 Å². The zero-order valence-corrected chi connectivity index (χ0v) is 18.5. The van der Waals surface area contributed by atoms with Gasteiger partial charge in [-0.05, 0) is 13.0 Å². The Bertz CT molecular complexity index is 1340. The van der Waals surface area contributed by atoms with Crippen molar-refractivity contribution < 1.29 is 9.18 Å². The number of carbonyl (C=O) groups is 1. The molecular formula is C20H20B4FN5O. The summed E-state index contributed by atoms with van der Waals surface area (Å²) in [7, 11) is 8.83. The fraction of sp³-hybridized carbons (Fsp3) is 0.100. The van der Waals surface area contributed by atoms with Gasteiger partial charge in [-0.15, -0.1) is 0 Å². The lowest BCUT2D eigenvalue weighted by molar-refractivity contribution is 0.102. The number of halogens is 1. The molecule has 2 aromatic heterocycles. The number of aromatic nitrogens is 4. The molecule has 0 unspecified atom stereocenters. The second kappa shape index (κ2) is 7.72. The van der Waals surface area contributed by atoms with Crippen LogP contribution in [0.2, 0.25) is 0 Å². The second-order valence-corrected chi connectivity index (χ2v) is 7.86. The summed E-state index contributed by atoms with van der Waals surface area (Å²) in [6.45, 7) is 1.95. The van der Waals surface area contributed by atoms with Gasteiger partial charge in [-0.2, -0.15) is 0 Å². The molecule has 0 aliphatic rings. The average molecular weight is 409 g/mol. The summed E-state index contributed by atoms with van der Waals surface area (Å²) in [5.41, 5.74) is 5.31. The van der Waals surface area contributed by atoms with E-state index in [2.05, 4.69) is 20.3 Å². The summed E-state index contributed by atoms with van der Waals surface area (Å²) < 4.78 is 16.4. The van der Waals surface area contributed by atoms with Crippen LogP contribution in [0.4, 0.5) is 10.3 Å². The normalized spacial score (nSPS) is 11.1. The summed E-state index contributed by atoms with van der Waals surface area (Å²) >= 11 is 0. The maximum Gasteiger partial charge on any atom is 0.256 e. The minimum Gasteiger partial charge on any atom is -0.331 e. The summed E-state index contributed by atoms with van der Waals surface area (Å²) in [4.78, 5) is 26.2. The fourth-order valence-electron chi connectivity index (χ4n) is 3.78. The Hall–Kier alpha value is -3.35. The highest BCUT2D eigenvalue weighted by molar-refractivity contribution is 6.59. The van der Waals surface area contributed by atoms with Crippen molar-refractivity contribution in [1.82, 2.24) is 19.5 Å². The molecule has 6 nitrogen and oxygen atoms in total. The van der Waals surface area contributed by atoms with Crippen LogP contribution < -0.4 is 27.2 Å². The number of fused-ring (bicyclic) bond motifs is 1. The predicted octanol–water partition coefficient (Wildman–Crippen LogP) is -3.24. The van der Waals surface area contributed by atoms with Gasteiger partial charge in [0.25, 0.3) is 5.91 Å². The molecule has 4 aromatic rings. The lowest BCUT2D eigenvalue weighted by Crippen LogP contribution is -2.49. The van der Waals surface area contributed by atoms with E-state index in [1.165, 1.54) is 0 Å². The number of aryl methyl sites for hydroxylation is 1. The Labute approximate surface area is 183 Å². The number of hydrogen-bond acceptors (Lipinski definition) is 4. The van der Waals surface area contributed by atoms with E-state index in [1.54, 1.807) is 37.6 Å². The van der Waals surface area contributed by atoms with Crippen molar-refractivity contribution in [2.75, 3.05) is 5.32 Å². The first kappa shape index (κ1) is 20.9. The molecule has 150 valence electrons. The quantitative estimate of drug-likeness (QED) is 0.362. The van der Waals surface area contributed by atoms with E-state index >= 15 is 0 Å². The van der Waals surface area contributed by atoms with E-state index < -0.39 is 0 Å². The van der Waals surface area contributed by atoms with Crippen molar-refractivity contribution in [1.29, 1.82) is 0 Å². The van der Waals surface area contributed by atoms with Gasteiger partial charge in [0.05, 0.1) is 17.4 Å². The molecule has 0 saturated heterocycles. The summed E-state index contributed by atoms with van der Waals surface area (Å²) in [5.74, 6) is 0.501. The molecule has 0 bridgehead atoms. The van der Waals surface area contributed by atoms with Crippen molar-refractivity contribution in [3.63, 3.8) is 0 Å². The first-order valence-corrected chi connectivity index (χ1v) is 10.0. The van der Waals surface area contributed by atoms with Gasteiger partial charge in [0.2, 0.25) is 5.95 Å². The minimum absolute atomic E-state index is 0.203. The molecule has 31 heavy (non-hydrogen) atoms. The zero-order chi connectivity index (χ0) is 22.4. The SMILES string of the molecule is Bc1c(B)c(C(=O)Nc2ncc3ccc(-c4cnc(C)n4C)cc3n2)c(B)c(B)c1F. The van der Waals surface area contributed by atoms with Crippen LogP contribution in [-0.2, 0) is 7.05 Å². The van der Waals surface area contributed by atoms with E-state index in [4.69, 9.17) is 0 Å². The smallest absolute Gasteiger partial charge is 0.256 e. The maximum absolute atomic E-state index is 14.3. The van der Waals surface area contributed by atoms with Gasteiger partial charge in [0.1, 0.15) is 43.0 Å². The molecule has 0 radical (unpaired) electrons. The van der Waals surface area contributed by atoms with Crippen molar-refractivity contribution >= 4 is 76.0 Å². The van der Waals surface area contributed by atoms with E-state index in [0.717, 1.165) is 22.5 Å². The molecule has 0 aliphatic heterocycles. The largest absolute Gasteiger partial charge is 0.331 e. The van der Waals surface area contributed by atoms with Crippen LogP contribution in [0.1, 0.15) is 16.2 Å². The summed E-state index contributed by atoms with van der Waals surface area (Å²) in [6.07, 6.45) is 3.50. The standard InChI is InChI=1S/C20H20B4FN5O/c1-8-26-7-12(30(8)2)9-3-4-10-6-27-20(28-11(10)5-9)29-19(31)13-14(21)16(23)18(25)17(24)15(13)22/h3-7H,21-24H2,1-2H3,(H,27,28,29,31). The second-order valence-electron chi connectivity index (χ2n) is 7.86. The molecule has 2 heterocycles. The number of imidazole rings is 1. The highest BCUT2D eigenvalue weighted by Crippen LogP contribution is 2.24. The summed E-state index contributed by atoms with van der Waals surface area (Å²) in [5, 5.41) is 3.64. The van der Waals surface area contributed by atoms with Crippen LogP contribution in [0.15, 0.2) is 30.6 Å². The fourth-order valence-corrected chi connectivity index (χ4v) is 3.78. The van der Waals surface area contributed by atoms with Gasteiger partial charge in [-0.25, -0.2) is 19.3 Å². The highest BCUT2D eigenvalue weighted by Gasteiger charge is 2.20. The van der Waals surface area contributed by atoms with E-state index in [0.29, 0.717) is 32.9 Å². The monoisotopic (exact) mass is 409 g/mol. The third kappa shape index (κ3) is 3.54. The van der Waals surface area contributed by atoms with Crippen LogP contribution in [0.3, 0.4) is 0 Å². The number of anilines is 1. The molecule has 11 heteroatoms. The molecule has 0 spiro atoms. The predicted molar refractivity (Wildman–Crippen MR) is 134 cm³/mol. The van der Waals surface area contributed by atoms with Gasteiger partial charge < -0.3 is 4.57 Å². The average Bonchev–Trinajstić information content (AvgIpc) is 3.09. The van der Waals surface area contributed by atoms with Gasteiger partial charge in [-0.3, -0.25) is 10.1 Å². The van der Waals surface area contributed by atoms with Gasteiger partial charge >= 0.3 is 0 Å².